The van der Waals surface area contributed by atoms with Crippen molar-refractivity contribution < 1.29 is 5.11 Å². The van der Waals surface area contributed by atoms with Crippen molar-refractivity contribution in [3.8, 4) is 17.6 Å². The molecule has 1 aromatic carbocycles. The number of phenolic OH excluding ortho intramolecular Hbond substituents is 1. The van der Waals surface area contributed by atoms with Crippen molar-refractivity contribution in [2.75, 3.05) is 0 Å². The maximum atomic E-state index is 9.36. The van der Waals surface area contributed by atoms with Gasteiger partial charge in [0.15, 0.2) is 0 Å². The first kappa shape index (κ1) is 8.67. The van der Waals surface area contributed by atoms with Crippen molar-refractivity contribution in [1.29, 1.82) is 0 Å². The molecule has 0 aliphatic rings. The third-order valence-corrected chi connectivity index (χ3v) is 1.69. The minimum absolute atomic E-state index is 0.371. The SMILES string of the molecule is CC#CCCc1ccccc1O. The highest BCUT2D eigenvalue weighted by Gasteiger charge is 1.96. The number of phenols is 1. The largest absolute Gasteiger partial charge is 0.508 e. The molecule has 0 heterocycles. The molecule has 0 unspecified atom stereocenters. The summed E-state index contributed by atoms with van der Waals surface area (Å²) in [4.78, 5) is 0. The highest BCUT2D eigenvalue weighted by molar-refractivity contribution is 5.32. The molecule has 1 heteroatoms. The first-order valence-electron chi connectivity index (χ1n) is 4.01. The molecular weight excluding hydrogens is 148 g/mol. The molecule has 0 bridgehead atoms. The van der Waals surface area contributed by atoms with Gasteiger partial charge in [0.05, 0.1) is 0 Å². The predicted molar refractivity (Wildman–Crippen MR) is 49.9 cm³/mol. The summed E-state index contributed by atoms with van der Waals surface area (Å²) in [5.74, 6) is 6.16. The van der Waals surface area contributed by atoms with E-state index in [1.165, 1.54) is 0 Å². The van der Waals surface area contributed by atoms with Gasteiger partial charge in [0.25, 0.3) is 0 Å². The molecule has 0 aliphatic carbocycles. The van der Waals surface area contributed by atoms with E-state index in [1.54, 1.807) is 6.07 Å². The van der Waals surface area contributed by atoms with Crippen LogP contribution in [0.15, 0.2) is 24.3 Å². The van der Waals surface area contributed by atoms with Crippen LogP contribution in [0.5, 0.6) is 5.75 Å². The molecule has 1 rings (SSSR count). The van der Waals surface area contributed by atoms with Crippen molar-refractivity contribution in [2.45, 2.75) is 19.8 Å². The zero-order chi connectivity index (χ0) is 8.81. The van der Waals surface area contributed by atoms with Crippen LogP contribution in [0.3, 0.4) is 0 Å². The monoisotopic (exact) mass is 160 g/mol. The van der Waals surface area contributed by atoms with Gasteiger partial charge in [-0.1, -0.05) is 18.2 Å². The topological polar surface area (TPSA) is 20.2 Å². The lowest BCUT2D eigenvalue weighted by molar-refractivity contribution is 0.468. The van der Waals surface area contributed by atoms with Gasteiger partial charge < -0.3 is 5.11 Å². The van der Waals surface area contributed by atoms with E-state index in [-0.39, 0.29) is 0 Å². The molecule has 0 atom stereocenters. The van der Waals surface area contributed by atoms with Gasteiger partial charge in [-0.15, -0.1) is 11.8 Å². The van der Waals surface area contributed by atoms with Gasteiger partial charge in [-0.2, -0.15) is 0 Å². The molecule has 62 valence electrons. The van der Waals surface area contributed by atoms with Gasteiger partial charge in [-0.25, -0.2) is 0 Å². The second-order valence-electron chi connectivity index (χ2n) is 2.56. The van der Waals surface area contributed by atoms with Crippen molar-refractivity contribution in [1.82, 2.24) is 0 Å². The molecule has 1 nitrogen and oxygen atoms in total. The molecule has 1 aromatic rings. The Hall–Kier alpha value is -1.42. The lowest BCUT2D eigenvalue weighted by atomic mass is 10.1. The van der Waals surface area contributed by atoms with Crippen LogP contribution in [0.25, 0.3) is 0 Å². The van der Waals surface area contributed by atoms with Crippen LogP contribution in [0.4, 0.5) is 0 Å². The number of hydrogen-bond acceptors (Lipinski definition) is 1. The molecule has 0 aromatic heterocycles. The number of benzene rings is 1. The first-order chi connectivity index (χ1) is 5.84. The number of hydrogen-bond donors (Lipinski definition) is 1. The van der Waals surface area contributed by atoms with Crippen LogP contribution in [0.1, 0.15) is 18.9 Å². The summed E-state index contributed by atoms with van der Waals surface area (Å²) in [6.45, 7) is 1.82. The van der Waals surface area contributed by atoms with E-state index < -0.39 is 0 Å². The summed E-state index contributed by atoms with van der Waals surface area (Å²) in [6.07, 6.45) is 1.64. The van der Waals surface area contributed by atoms with Gasteiger partial charge in [0.1, 0.15) is 5.75 Å². The van der Waals surface area contributed by atoms with Crippen molar-refractivity contribution in [3.63, 3.8) is 0 Å². The van der Waals surface area contributed by atoms with E-state index >= 15 is 0 Å². The summed E-state index contributed by atoms with van der Waals surface area (Å²) >= 11 is 0. The van der Waals surface area contributed by atoms with Gasteiger partial charge in [-0.05, 0) is 25.0 Å². The van der Waals surface area contributed by atoms with Gasteiger partial charge in [0, 0.05) is 6.42 Å². The lowest BCUT2D eigenvalue weighted by Crippen LogP contribution is -1.83. The molecule has 0 spiro atoms. The molecule has 0 saturated carbocycles. The number of para-hydroxylation sites is 1. The maximum absolute atomic E-state index is 9.36. The molecule has 0 fully saturated rings. The van der Waals surface area contributed by atoms with Crippen LogP contribution in [-0.4, -0.2) is 5.11 Å². The molecule has 1 N–H and O–H groups in total. The Morgan fingerprint density at radius 1 is 1.33 bits per heavy atom. The van der Waals surface area contributed by atoms with E-state index in [2.05, 4.69) is 11.8 Å². The highest BCUT2D eigenvalue weighted by atomic mass is 16.3. The minimum Gasteiger partial charge on any atom is -0.508 e. The molecule has 0 amide bonds. The fourth-order valence-electron chi connectivity index (χ4n) is 1.04. The summed E-state index contributed by atoms with van der Waals surface area (Å²) in [5, 5.41) is 9.36. The van der Waals surface area contributed by atoms with E-state index in [9.17, 15) is 5.11 Å². The third-order valence-electron chi connectivity index (χ3n) is 1.69. The molecule has 12 heavy (non-hydrogen) atoms. The fourth-order valence-corrected chi connectivity index (χ4v) is 1.04. The second-order valence-corrected chi connectivity index (χ2v) is 2.56. The Balaban J connectivity index is 2.61. The smallest absolute Gasteiger partial charge is 0.118 e. The zero-order valence-electron chi connectivity index (χ0n) is 7.17. The van der Waals surface area contributed by atoms with Crippen molar-refractivity contribution in [3.05, 3.63) is 29.8 Å². The Labute approximate surface area is 73.0 Å². The minimum atomic E-state index is 0.371. The van der Waals surface area contributed by atoms with Gasteiger partial charge in [0.2, 0.25) is 0 Å². The van der Waals surface area contributed by atoms with E-state index in [0.717, 1.165) is 18.4 Å². The maximum Gasteiger partial charge on any atom is 0.118 e. The number of aryl methyl sites for hydroxylation is 1. The normalized spacial score (nSPS) is 8.75. The fraction of sp³-hybridized carbons (Fsp3) is 0.273. The van der Waals surface area contributed by atoms with E-state index in [0.29, 0.717) is 5.75 Å². The van der Waals surface area contributed by atoms with Gasteiger partial charge >= 0.3 is 0 Å². The Kier molecular flexibility index (Phi) is 3.22. The Morgan fingerprint density at radius 3 is 2.75 bits per heavy atom. The van der Waals surface area contributed by atoms with Crippen LogP contribution in [0.2, 0.25) is 0 Å². The quantitative estimate of drug-likeness (QED) is 0.658. The summed E-state index contributed by atoms with van der Waals surface area (Å²) in [6, 6.07) is 7.38. The van der Waals surface area contributed by atoms with Crippen LogP contribution in [-0.2, 0) is 6.42 Å². The van der Waals surface area contributed by atoms with Crippen LogP contribution in [0, 0.1) is 11.8 Å². The third kappa shape index (κ3) is 2.32. The van der Waals surface area contributed by atoms with E-state index in [1.807, 2.05) is 25.1 Å². The first-order valence-corrected chi connectivity index (χ1v) is 4.01. The highest BCUT2D eigenvalue weighted by Crippen LogP contribution is 2.16. The zero-order valence-corrected chi connectivity index (χ0v) is 7.17. The lowest BCUT2D eigenvalue weighted by Gasteiger charge is -1.99. The molecule has 0 saturated heterocycles. The van der Waals surface area contributed by atoms with Crippen LogP contribution < -0.4 is 0 Å². The summed E-state index contributed by atoms with van der Waals surface area (Å²) < 4.78 is 0. The number of aromatic hydroxyl groups is 1. The second kappa shape index (κ2) is 4.46. The van der Waals surface area contributed by atoms with Gasteiger partial charge in [-0.3, -0.25) is 0 Å². The Morgan fingerprint density at radius 2 is 2.08 bits per heavy atom. The summed E-state index contributed by atoms with van der Waals surface area (Å²) in [5.41, 5.74) is 0.972. The van der Waals surface area contributed by atoms with E-state index in [4.69, 9.17) is 0 Å². The molecule has 0 aliphatic heterocycles. The predicted octanol–water partition coefficient (Wildman–Crippen LogP) is 2.35. The molecule has 0 radical (unpaired) electrons. The molecular formula is C11H12O. The Bertz CT molecular complexity index is 304. The van der Waals surface area contributed by atoms with Crippen molar-refractivity contribution in [2.24, 2.45) is 0 Å². The number of rotatable bonds is 2. The average Bonchev–Trinajstić information content (AvgIpc) is 2.09. The standard InChI is InChI=1S/C11H12O/c1-2-3-4-7-10-8-5-6-9-11(10)12/h5-6,8-9,12H,4,7H2,1H3. The average molecular weight is 160 g/mol. The van der Waals surface area contributed by atoms with Crippen molar-refractivity contribution >= 4 is 0 Å². The van der Waals surface area contributed by atoms with Crippen LogP contribution >= 0.6 is 0 Å². The summed E-state index contributed by atoms with van der Waals surface area (Å²) in [7, 11) is 0.